The van der Waals surface area contributed by atoms with Crippen molar-refractivity contribution in [2.45, 2.75) is 32.8 Å². The van der Waals surface area contributed by atoms with E-state index >= 15 is 0 Å². The summed E-state index contributed by atoms with van der Waals surface area (Å²) in [5.41, 5.74) is 1.19. The molecular formula is C16H22ClN3O3. The van der Waals surface area contributed by atoms with E-state index in [1.165, 1.54) is 0 Å². The van der Waals surface area contributed by atoms with Crippen LogP contribution >= 0.6 is 11.6 Å². The Bertz CT molecular complexity index is 609. The third kappa shape index (κ3) is 3.53. The maximum atomic E-state index is 12.4. The van der Waals surface area contributed by atoms with Crippen molar-refractivity contribution in [2.24, 2.45) is 0 Å². The van der Waals surface area contributed by atoms with Gasteiger partial charge in [-0.15, -0.1) is 0 Å². The highest BCUT2D eigenvalue weighted by Gasteiger charge is 2.32. The molecule has 0 aromatic carbocycles. The molecule has 0 spiro atoms. The van der Waals surface area contributed by atoms with Crippen LogP contribution in [0.15, 0.2) is 6.07 Å². The van der Waals surface area contributed by atoms with Crippen LogP contribution in [0.1, 0.15) is 26.3 Å². The van der Waals surface area contributed by atoms with Gasteiger partial charge in [-0.05, 0) is 27.2 Å². The number of morpholine rings is 1. The lowest BCUT2D eigenvalue weighted by atomic mass is 10.2. The zero-order chi connectivity index (χ0) is 16.6. The van der Waals surface area contributed by atoms with E-state index in [1.54, 1.807) is 4.90 Å². The number of rotatable bonds is 1. The lowest BCUT2D eigenvalue weighted by molar-refractivity contribution is 0.0584. The smallest absolute Gasteiger partial charge is 0.414 e. The molecule has 1 aromatic rings. The molecule has 0 unspecified atom stereocenters. The minimum atomic E-state index is -0.524. The Morgan fingerprint density at radius 2 is 2.00 bits per heavy atom. The monoisotopic (exact) mass is 339 g/mol. The van der Waals surface area contributed by atoms with Crippen molar-refractivity contribution in [3.05, 3.63) is 16.8 Å². The summed E-state index contributed by atoms with van der Waals surface area (Å²) >= 11 is 6.35. The number of carbonyl (C=O) groups is 1. The Morgan fingerprint density at radius 1 is 1.30 bits per heavy atom. The van der Waals surface area contributed by atoms with E-state index in [4.69, 9.17) is 21.1 Å². The van der Waals surface area contributed by atoms with Crippen LogP contribution in [0.5, 0.6) is 0 Å². The number of carbonyl (C=O) groups excluding carboxylic acids is 1. The highest BCUT2D eigenvalue weighted by atomic mass is 35.5. The van der Waals surface area contributed by atoms with Crippen LogP contribution in [-0.4, -0.2) is 49.5 Å². The van der Waals surface area contributed by atoms with Crippen LogP contribution in [0.25, 0.3) is 0 Å². The van der Waals surface area contributed by atoms with Crippen molar-refractivity contribution in [1.82, 2.24) is 4.98 Å². The molecule has 0 bridgehead atoms. The molecule has 1 amide bonds. The number of hydrogen-bond acceptors (Lipinski definition) is 5. The maximum absolute atomic E-state index is 12.4. The first-order chi connectivity index (χ1) is 10.8. The van der Waals surface area contributed by atoms with Gasteiger partial charge in [0.1, 0.15) is 16.6 Å². The molecule has 23 heavy (non-hydrogen) atoms. The molecule has 3 rings (SSSR count). The Kier molecular flexibility index (Phi) is 4.38. The fraction of sp³-hybridized carbons (Fsp3) is 0.625. The molecule has 126 valence electrons. The summed E-state index contributed by atoms with van der Waals surface area (Å²) < 4.78 is 10.9. The van der Waals surface area contributed by atoms with Crippen LogP contribution in [0.2, 0.25) is 5.15 Å². The minimum Gasteiger partial charge on any atom is -0.443 e. The van der Waals surface area contributed by atoms with Crippen molar-refractivity contribution in [1.29, 1.82) is 0 Å². The van der Waals surface area contributed by atoms with Gasteiger partial charge in [0.05, 0.1) is 18.9 Å². The lowest BCUT2D eigenvalue weighted by Crippen LogP contribution is -2.37. The largest absolute Gasteiger partial charge is 0.443 e. The summed E-state index contributed by atoms with van der Waals surface area (Å²) in [4.78, 5) is 20.7. The van der Waals surface area contributed by atoms with Crippen molar-refractivity contribution >= 4 is 29.2 Å². The highest BCUT2D eigenvalue weighted by molar-refractivity contribution is 6.31. The van der Waals surface area contributed by atoms with Gasteiger partial charge >= 0.3 is 6.09 Å². The summed E-state index contributed by atoms with van der Waals surface area (Å²) in [6.45, 7) is 9.04. The van der Waals surface area contributed by atoms with Crippen LogP contribution in [0.3, 0.4) is 0 Å². The van der Waals surface area contributed by atoms with E-state index in [9.17, 15) is 4.79 Å². The van der Waals surface area contributed by atoms with E-state index in [2.05, 4.69) is 9.88 Å². The number of ether oxygens (including phenoxy) is 2. The second-order valence-electron chi connectivity index (χ2n) is 6.75. The number of nitrogens with zero attached hydrogens (tertiary/aromatic N) is 3. The lowest BCUT2D eigenvalue weighted by Gasteiger charge is -2.29. The molecule has 7 heteroatoms. The summed E-state index contributed by atoms with van der Waals surface area (Å²) in [7, 11) is 0. The standard InChI is InChI=1S/C16H22ClN3O3/c1-16(2,3)23-15(21)20-5-4-11-12(20)10-13(18-14(11)17)19-6-8-22-9-7-19/h10H,4-9H2,1-3H3. The van der Waals surface area contributed by atoms with E-state index < -0.39 is 5.60 Å². The van der Waals surface area contributed by atoms with Gasteiger partial charge in [0, 0.05) is 31.3 Å². The first-order valence-electron chi connectivity index (χ1n) is 7.88. The molecule has 0 N–H and O–H groups in total. The third-order valence-corrected chi connectivity index (χ3v) is 4.17. The SMILES string of the molecule is CC(C)(C)OC(=O)N1CCc2c1cc(N1CCOCC1)nc2Cl. The molecule has 3 heterocycles. The molecule has 6 nitrogen and oxygen atoms in total. The second-order valence-corrected chi connectivity index (χ2v) is 7.11. The van der Waals surface area contributed by atoms with Gasteiger partial charge in [-0.3, -0.25) is 4.90 Å². The molecule has 0 radical (unpaired) electrons. The van der Waals surface area contributed by atoms with E-state index in [-0.39, 0.29) is 6.09 Å². The van der Waals surface area contributed by atoms with E-state index in [0.29, 0.717) is 31.3 Å². The summed E-state index contributed by atoms with van der Waals surface area (Å²) in [6, 6.07) is 1.93. The first kappa shape index (κ1) is 16.3. The fourth-order valence-corrected chi connectivity index (χ4v) is 3.07. The first-order valence-corrected chi connectivity index (χ1v) is 8.25. The maximum Gasteiger partial charge on any atom is 0.414 e. The molecule has 0 atom stereocenters. The topological polar surface area (TPSA) is 54.9 Å². The quantitative estimate of drug-likeness (QED) is 0.736. The number of fused-ring (bicyclic) bond motifs is 1. The predicted octanol–water partition coefficient (Wildman–Crippen LogP) is 2.87. The predicted molar refractivity (Wildman–Crippen MR) is 89.6 cm³/mol. The normalized spacial score (nSPS) is 18.1. The molecule has 1 aromatic heterocycles. The Morgan fingerprint density at radius 3 is 2.65 bits per heavy atom. The van der Waals surface area contributed by atoms with Crippen LogP contribution in [0.4, 0.5) is 16.3 Å². The molecule has 1 saturated heterocycles. The van der Waals surface area contributed by atoms with Crippen molar-refractivity contribution in [2.75, 3.05) is 42.6 Å². The third-order valence-electron chi connectivity index (χ3n) is 3.86. The molecule has 1 fully saturated rings. The molecule has 2 aliphatic rings. The highest BCUT2D eigenvalue weighted by Crippen LogP contribution is 2.36. The summed E-state index contributed by atoms with van der Waals surface area (Å²) in [5.74, 6) is 0.785. The van der Waals surface area contributed by atoms with Crippen molar-refractivity contribution in [3.8, 4) is 0 Å². The molecule has 0 saturated carbocycles. The van der Waals surface area contributed by atoms with Crippen LogP contribution in [0, 0.1) is 0 Å². The van der Waals surface area contributed by atoms with Gasteiger partial charge in [0.2, 0.25) is 0 Å². The van der Waals surface area contributed by atoms with Gasteiger partial charge in [-0.2, -0.15) is 0 Å². The number of aromatic nitrogens is 1. The molecular weight excluding hydrogens is 318 g/mol. The number of pyridine rings is 1. The van der Waals surface area contributed by atoms with Gasteiger partial charge in [0.15, 0.2) is 0 Å². The van der Waals surface area contributed by atoms with Crippen molar-refractivity contribution < 1.29 is 14.3 Å². The Hall–Kier alpha value is -1.53. The average Bonchev–Trinajstić information content (AvgIpc) is 2.91. The van der Waals surface area contributed by atoms with Gasteiger partial charge in [0.25, 0.3) is 0 Å². The Balaban J connectivity index is 1.88. The summed E-state index contributed by atoms with van der Waals surface area (Å²) in [5, 5.41) is 0.468. The number of hydrogen-bond donors (Lipinski definition) is 0. The minimum absolute atomic E-state index is 0.341. The molecule has 2 aliphatic heterocycles. The number of amides is 1. The van der Waals surface area contributed by atoms with Gasteiger partial charge in [-0.1, -0.05) is 11.6 Å². The zero-order valence-electron chi connectivity index (χ0n) is 13.8. The number of anilines is 2. The van der Waals surface area contributed by atoms with Crippen LogP contribution in [-0.2, 0) is 15.9 Å². The van der Waals surface area contributed by atoms with Crippen LogP contribution < -0.4 is 9.80 Å². The van der Waals surface area contributed by atoms with Gasteiger partial charge in [-0.25, -0.2) is 9.78 Å². The fourth-order valence-electron chi connectivity index (χ4n) is 2.79. The summed E-state index contributed by atoms with van der Waals surface area (Å²) in [6.07, 6.45) is 0.357. The zero-order valence-corrected chi connectivity index (χ0v) is 14.5. The Labute approximate surface area is 141 Å². The number of halogens is 1. The average molecular weight is 340 g/mol. The van der Waals surface area contributed by atoms with E-state index in [0.717, 1.165) is 30.2 Å². The van der Waals surface area contributed by atoms with E-state index in [1.807, 2.05) is 26.8 Å². The van der Waals surface area contributed by atoms with Gasteiger partial charge < -0.3 is 14.4 Å². The van der Waals surface area contributed by atoms with Crippen molar-refractivity contribution in [3.63, 3.8) is 0 Å². The molecule has 0 aliphatic carbocycles. The second kappa shape index (κ2) is 6.17.